The second-order valence-electron chi connectivity index (χ2n) is 7.17. The lowest BCUT2D eigenvalue weighted by Gasteiger charge is -2.20. The zero-order valence-electron chi connectivity index (χ0n) is 16.3. The van der Waals surface area contributed by atoms with Crippen molar-refractivity contribution in [2.24, 2.45) is 12.8 Å². The molecule has 8 heteroatoms. The minimum absolute atomic E-state index is 0.224. The van der Waals surface area contributed by atoms with Crippen molar-refractivity contribution < 1.29 is 14.3 Å². The summed E-state index contributed by atoms with van der Waals surface area (Å²) < 4.78 is 13.1. The van der Waals surface area contributed by atoms with Gasteiger partial charge in [0.1, 0.15) is 6.04 Å². The summed E-state index contributed by atoms with van der Waals surface area (Å²) in [6, 6.07) is 6.11. The van der Waals surface area contributed by atoms with Crippen LogP contribution in [0.5, 0.6) is 0 Å². The van der Waals surface area contributed by atoms with Gasteiger partial charge in [-0.25, -0.2) is 9.36 Å². The van der Waals surface area contributed by atoms with Crippen molar-refractivity contribution in [3.63, 3.8) is 0 Å². The number of carbonyl (C=O) groups is 1. The van der Waals surface area contributed by atoms with Crippen LogP contribution < -0.4 is 17.0 Å². The molecule has 1 aromatic heterocycles. The van der Waals surface area contributed by atoms with Gasteiger partial charge in [-0.05, 0) is 38.0 Å². The van der Waals surface area contributed by atoms with Gasteiger partial charge in [-0.2, -0.15) is 0 Å². The highest BCUT2D eigenvalue weighted by Gasteiger charge is 2.21. The van der Waals surface area contributed by atoms with Gasteiger partial charge < -0.3 is 15.2 Å². The van der Waals surface area contributed by atoms with Crippen molar-refractivity contribution in [2.75, 3.05) is 6.61 Å². The number of nitrogens with zero attached hydrogens (tertiary/aromatic N) is 2. The largest absolute Gasteiger partial charge is 0.462 e. The van der Waals surface area contributed by atoms with Gasteiger partial charge >= 0.3 is 11.7 Å². The van der Waals surface area contributed by atoms with Crippen LogP contribution in [0.25, 0.3) is 5.69 Å². The van der Waals surface area contributed by atoms with Gasteiger partial charge in [-0.15, -0.1) is 0 Å². The molecule has 0 aliphatic carbocycles. The zero-order chi connectivity index (χ0) is 20.4. The summed E-state index contributed by atoms with van der Waals surface area (Å²) in [6.07, 6.45) is 0.561. The van der Waals surface area contributed by atoms with Crippen molar-refractivity contribution in [3.05, 3.63) is 61.9 Å². The van der Waals surface area contributed by atoms with Gasteiger partial charge in [0.05, 0.1) is 30.7 Å². The maximum absolute atomic E-state index is 12.9. The molecule has 0 fully saturated rings. The van der Waals surface area contributed by atoms with E-state index in [1.807, 2.05) is 0 Å². The average Bonchev–Trinajstić information content (AvgIpc) is 2.67. The van der Waals surface area contributed by atoms with E-state index in [1.54, 1.807) is 45.2 Å². The Morgan fingerprint density at radius 1 is 1.25 bits per heavy atom. The molecule has 2 N–H and O–H groups in total. The normalized spacial score (nSPS) is 14.6. The quantitative estimate of drug-likeness (QED) is 0.746. The molecule has 0 spiro atoms. The van der Waals surface area contributed by atoms with Crippen molar-refractivity contribution in [2.45, 2.75) is 45.4 Å². The third-order valence-corrected chi connectivity index (χ3v) is 4.73. The van der Waals surface area contributed by atoms with Gasteiger partial charge in [0.25, 0.3) is 5.56 Å². The monoisotopic (exact) mass is 387 g/mol. The SMILES string of the molecule is CC(C)OC(=O)[C@@H](N)Cc1ccc(-n2c(=O)c3c(n(C)c2=O)COCC3)cc1. The van der Waals surface area contributed by atoms with Crippen LogP contribution in [0.3, 0.4) is 0 Å². The molecule has 2 aromatic rings. The van der Waals surface area contributed by atoms with Crippen LogP contribution in [0.4, 0.5) is 0 Å². The molecule has 0 radical (unpaired) electrons. The van der Waals surface area contributed by atoms with Crippen molar-refractivity contribution >= 4 is 5.97 Å². The highest BCUT2D eigenvalue weighted by Crippen LogP contribution is 2.13. The van der Waals surface area contributed by atoms with E-state index < -0.39 is 17.7 Å². The third kappa shape index (κ3) is 3.93. The topological polar surface area (TPSA) is 106 Å². The summed E-state index contributed by atoms with van der Waals surface area (Å²) in [6.45, 7) is 4.26. The maximum Gasteiger partial charge on any atom is 0.335 e. The molecule has 3 rings (SSSR count). The zero-order valence-corrected chi connectivity index (χ0v) is 16.3. The fourth-order valence-corrected chi connectivity index (χ4v) is 3.26. The molecular weight excluding hydrogens is 362 g/mol. The summed E-state index contributed by atoms with van der Waals surface area (Å²) in [5.41, 5.74) is 7.69. The first-order valence-electron chi connectivity index (χ1n) is 9.26. The number of nitrogens with two attached hydrogens (primary N) is 1. The minimum Gasteiger partial charge on any atom is -0.462 e. The van der Waals surface area contributed by atoms with Crippen LogP contribution in [-0.2, 0) is 40.8 Å². The number of esters is 1. The van der Waals surface area contributed by atoms with Crippen molar-refractivity contribution in [1.29, 1.82) is 0 Å². The number of aromatic nitrogens is 2. The van der Waals surface area contributed by atoms with Crippen LogP contribution in [0, 0.1) is 0 Å². The average molecular weight is 387 g/mol. The summed E-state index contributed by atoms with van der Waals surface area (Å²) in [5.74, 6) is -0.457. The van der Waals surface area contributed by atoms with Crippen LogP contribution in [-0.4, -0.2) is 33.9 Å². The molecule has 28 heavy (non-hydrogen) atoms. The number of hydrogen-bond donors (Lipinski definition) is 1. The maximum atomic E-state index is 12.9. The van der Waals surface area contributed by atoms with Crippen LogP contribution >= 0.6 is 0 Å². The van der Waals surface area contributed by atoms with Gasteiger partial charge in [0.2, 0.25) is 0 Å². The lowest BCUT2D eigenvalue weighted by Crippen LogP contribution is -2.43. The smallest absolute Gasteiger partial charge is 0.335 e. The predicted molar refractivity (Wildman–Crippen MR) is 104 cm³/mol. The third-order valence-electron chi connectivity index (χ3n) is 4.73. The fourth-order valence-electron chi connectivity index (χ4n) is 3.26. The molecule has 1 aromatic carbocycles. The van der Waals surface area contributed by atoms with E-state index in [2.05, 4.69) is 0 Å². The Bertz CT molecular complexity index is 989. The second-order valence-corrected chi connectivity index (χ2v) is 7.17. The molecule has 1 aliphatic heterocycles. The molecule has 2 heterocycles. The summed E-state index contributed by atoms with van der Waals surface area (Å²) in [5, 5.41) is 0. The van der Waals surface area contributed by atoms with E-state index in [1.165, 1.54) is 9.13 Å². The summed E-state index contributed by atoms with van der Waals surface area (Å²) in [7, 11) is 1.64. The van der Waals surface area contributed by atoms with E-state index in [4.69, 9.17) is 15.2 Å². The van der Waals surface area contributed by atoms with Crippen molar-refractivity contribution in [1.82, 2.24) is 9.13 Å². The van der Waals surface area contributed by atoms with E-state index in [0.29, 0.717) is 36.4 Å². The molecule has 150 valence electrons. The standard InChI is InChI=1S/C20H25N3O5/c1-12(2)28-19(25)16(21)10-13-4-6-14(7-5-13)23-18(24)15-8-9-27-11-17(15)22(3)20(23)26/h4-7,12,16H,8-11,21H2,1-3H3/t16-/m0/s1. The number of benzene rings is 1. The lowest BCUT2D eigenvalue weighted by molar-refractivity contribution is -0.148. The van der Waals surface area contributed by atoms with E-state index in [-0.39, 0.29) is 18.3 Å². The number of fused-ring (bicyclic) bond motifs is 1. The molecular formula is C20H25N3O5. The molecule has 1 aliphatic rings. The summed E-state index contributed by atoms with van der Waals surface area (Å²) >= 11 is 0. The first-order chi connectivity index (χ1) is 13.3. The summed E-state index contributed by atoms with van der Waals surface area (Å²) in [4.78, 5) is 37.4. The molecule has 8 nitrogen and oxygen atoms in total. The number of hydrogen-bond acceptors (Lipinski definition) is 6. The molecule has 0 bridgehead atoms. The Balaban J connectivity index is 1.88. The second kappa shape index (κ2) is 8.12. The highest BCUT2D eigenvalue weighted by atomic mass is 16.5. The first kappa shape index (κ1) is 20.0. The Morgan fingerprint density at radius 3 is 2.57 bits per heavy atom. The Kier molecular flexibility index (Phi) is 5.81. The van der Waals surface area contributed by atoms with Crippen LogP contribution in [0.15, 0.2) is 33.9 Å². The van der Waals surface area contributed by atoms with Crippen molar-refractivity contribution in [3.8, 4) is 5.69 Å². The van der Waals surface area contributed by atoms with E-state index in [0.717, 1.165) is 5.56 Å². The molecule has 1 atom stereocenters. The first-order valence-corrected chi connectivity index (χ1v) is 9.26. The minimum atomic E-state index is -0.771. The van der Waals surface area contributed by atoms with Gasteiger partial charge in [0.15, 0.2) is 0 Å². The molecule has 0 unspecified atom stereocenters. The van der Waals surface area contributed by atoms with Crippen LogP contribution in [0.2, 0.25) is 0 Å². The van der Waals surface area contributed by atoms with Crippen LogP contribution in [0.1, 0.15) is 30.7 Å². The fraction of sp³-hybridized carbons (Fsp3) is 0.450. The molecule has 0 saturated heterocycles. The van der Waals surface area contributed by atoms with Gasteiger partial charge in [-0.3, -0.25) is 14.2 Å². The Labute approximate surface area is 162 Å². The van der Waals surface area contributed by atoms with Gasteiger partial charge in [0, 0.05) is 19.0 Å². The Morgan fingerprint density at radius 2 is 1.93 bits per heavy atom. The number of ether oxygens (including phenoxy) is 2. The lowest BCUT2D eigenvalue weighted by atomic mass is 10.1. The number of rotatable bonds is 5. The van der Waals surface area contributed by atoms with E-state index in [9.17, 15) is 14.4 Å². The van der Waals surface area contributed by atoms with Gasteiger partial charge in [-0.1, -0.05) is 12.1 Å². The highest BCUT2D eigenvalue weighted by molar-refractivity contribution is 5.76. The molecule has 0 amide bonds. The number of carbonyl (C=O) groups excluding carboxylic acids is 1. The Hall–Kier alpha value is -2.71. The predicted octanol–water partition coefficient (Wildman–Crippen LogP) is 0.430. The molecule has 0 saturated carbocycles. The van der Waals surface area contributed by atoms with E-state index >= 15 is 0 Å².